The van der Waals surface area contributed by atoms with E-state index in [9.17, 15) is 4.79 Å². The number of aromatic nitrogens is 1. The molecule has 0 atom stereocenters. The smallest absolute Gasteiger partial charge is 0.193 e. The lowest BCUT2D eigenvalue weighted by Crippen LogP contribution is -2.03. The first-order valence-electron chi connectivity index (χ1n) is 10.2. The minimum atomic E-state index is 0.0791. The van der Waals surface area contributed by atoms with Crippen molar-refractivity contribution in [3.05, 3.63) is 95.6 Å². The summed E-state index contributed by atoms with van der Waals surface area (Å²) >= 11 is 0. The lowest BCUT2D eigenvalue weighted by atomic mass is 9.94. The van der Waals surface area contributed by atoms with Gasteiger partial charge in [0.2, 0.25) is 0 Å². The topological polar surface area (TPSA) is 22.0 Å². The van der Waals surface area contributed by atoms with Crippen LogP contribution in [0.2, 0.25) is 0 Å². The number of fused-ring (bicyclic) bond motifs is 4. The maximum Gasteiger partial charge on any atom is 0.193 e. The van der Waals surface area contributed by atoms with Crippen molar-refractivity contribution in [3.63, 3.8) is 0 Å². The predicted molar refractivity (Wildman–Crippen MR) is 122 cm³/mol. The molecule has 4 aromatic carbocycles. The third-order valence-corrected chi connectivity index (χ3v) is 5.87. The molecule has 0 aliphatic carbocycles. The maximum absolute atomic E-state index is 13.5. The molecule has 0 bridgehead atoms. The van der Waals surface area contributed by atoms with E-state index in [1.54, 1.807) is 0 Å². The monoisotopic (exact) mass is 377 g/mol. The summed E-state index contributed by atoms with van der Waals surface area (Å²) in [7, 11) is 0. The molecule has 5 rings (SSSR count). The van der Waals surface area contributed by atoms with Gasteiger partial charge in [-0.25, -0.2) is 0 Å². The Hall–Kier alpha value is -3.39. The van der Waals surface area contributed by atoms with Gasteiger partial charge in [0.05, 0.1) is 0 Å². The van der Waals surface area contributed by atoms with Crippen molar-refractivity contribution in [2.45, 2.75) is 26.8 Å². The molecule has 0 saturated heterocycles. The van der Waals surface area contributed by atoms with Crippen LogP contribution < -0.4 is 0 Å². The number of rotatable bonds is 4. The van der Waals surface area contributed by atoms with Gasteiger partial charge < -0.3 is 4.57 Å². The van der Waals surface area contributed by atoms with E-state index in [2.05, 4.69) is 60.9 Å². The second-order valence-electron chi connectivity index (χ2n) is 7.71. The number of hydrogen-bond donors (Lipinski definition) is 0. The number of benzene rings is 4. The lowest BCUT2D eigenvalue weighted by molar-refractivity contribution is 0.104. The number of para-hydroxylation sites is 1. The summed E-state index contributed by atoms with van der Waals surface area (Å²) in [4.78, 5) is 13.5. The Morgan fingerprint density at radius 2 is 1.45 bits per heavy atom. The Labute approximate surface area is 170 Å². The molecule has 0 aliphatic heterocycles. The van der Waals surface area contributed by atoms with Crippen LogP contribution in [-0.2, 0) is 6.54 Å². The first kappa shape index (κ1) is 17.7. The number of hydrogen-bond acceptors (Lipinski definition) is 1. The van der Waals surface area contributed by atoms with Gasteiger partial charge in [0.1, 0.15) is 0 Å². The van der Waals surface area contributed by atoms with E-state index < -0.39 is 0 Å². The fraction of sp³-hybridized carbons (Fsp3) is 0.148. The van der Waals surface area contributed by atoms with Gasteiger partial charge in [-0.05, 0) is 53.9 Å². The molecule has 0 saturated carbocycles. The van der Waals surface area contributed by atoms with E-state index in [0.29, 0.717) is 0 Å². The summed E-state index contributed by atoms with van der Waals surface area (Å²) in [6, 6.07) is 26.8. The van der Waals surface area contributed by atoms with Crippen LogP contribution in [0.25, 0.3) is 32.6 Å². The molecule has 0 amide bonds. The molecule has 1 heterocycles. The molecule has 0 aliphatic rings. The van der Waals surface area contributed by atoms with Gasteiger partial charge in [-0.3, -0.25) is 4.79 Å². The van der Waals surface area contributed by atoms with Crippen molar-refractivity contribution >= 4 is 38.4 Å². The molecule has 0 unspecified atom stereocenters. The normalized spacial score (nSPS) is 11.5. The van der Waals surface area contributed by atoms with Crippen LogP contribution in [0.1, 0.15) is 34.8 Å². The highest BCUT2D eigenvalue weighted by molar-refractivity contribution is 6.19. The minimum absolute atomic E-state index is 0.0791. The largest absolute Gasteiger partial charge is 0.340 e. The summed E-state index contributed by atoms with van der Waals surface area (Å²) in [6.07, 6.45) is 1.07. The Morgan fingerprint density at radius 3 is 2.24 bits per heavy atom. The Balaban J connectivity index is 1.72. The SMILES string of the molecule is CCCn1c2ccccc2c2cc(C(=O)c3ccc(C)c4ccccc34)ccc21. The van der Waals surface area contributed by atoms with Crippen LogP contribution in [0.5, 0.6) is 0 Å². The number of ketones is 1. The first-order valence-corrected chi connectivity index (χ1v) is 10.2. The highest BCUT2D eigenvalue weighted by atomic mass is 16.1. The summed E-state index contributed by atoms with van der Waals surface area (Å²) in [5.41, 5.74) is 5.12. The number of carbonyl (C=O) groups is 1. The van der Waals surface area contributed by atoms with E-state index in [4.69, 9.17) is 0 Å². The second-order valence-corrected chi connectivity index (χ2v) is 7.71. The van der Waals surface area contributed by atoms with E-state index in [-0.39, 0.29) is 5.78 Å². The fourth-order valence-corrected chi connectivity index (χ4v) is 4.46. The molecule has 0 fully saturated rings. The average molecular weight is 377 g/mol. The molecule has 0 spiro atoms. The van der Waals surface area contributed by atoms with Crippen molar-refractivity contribution in [2.24, 2.45) is 0 Å². The van der Waals surface area contributed by atoms with Crippen molar-refractivity contribution < 1.29 is 4.79 Å². The number of carbonyl (C=O) groups excluding carboxylic acids is 1. The molecule has 0 radical (unpaired) electrons. The van der Waals surface area contributed by atoms with E-state index in [1.807, 2.05) is 36.4 Å². The van der Waals surface area contributed by atoms with Gasteiger partial charge in [-0.1, -0.05) is 61.5 Å². The fourth-order valence-electron chi connectivity index (χ4n) is 4.46. The summed E-state index contributed by atoms with van der Waals surface area (Å²) in [6.45, 7) is 5.26. The zero-order valence-corrected chi connectivity index (χ0v) is 16.8. The average Bonchev–Trinajstić information content (AvgIpc) is 3.07. The molecule has 29 heavy (non-hydrogen) atoms. The highest BCUT2D eigenvalue weighted by Gasteiger charge is 2.16. The van der Waals surface area contributed by atoms with E-state index in [1.165, 1.54) is 22.0 Å². The third kappa shape index (κ3) is 2.75. The maximum atomic E-state index is 13.5. The van der Waals surface area contributed by atoms with Gasteiger partial charge in [0.15, 0.2) is 5.78 Å². The zero-order valence-electron chi connectivity index (χ0n) is 16.8. The van der Waals surface area contributed by atoms with Crippen LogP contribution in [0.4, 0.5) is 0 Å². The van der Waals surface area contributed by atoms with Crippen LogP contribution in [0, 0.1) is 6.92 Å². The van der Waals surface area contributed by atoms with Gasteiger partial charge in [0, 0.05) is 39.5 Å². The van der Waals surface area contributed by atoms with Crippen LogP contribution in [0.3, 0.4) is 0 Å². The predicted octanol–water partition coefficient (Wildman–Crippen LogP) is 6.90. The van der Waals surface area contributed by atoms with Crippen LogP contribution in [-0.4, -0.2) is 10.4 Å². The van der Waals surface area contributed by atoms with Crippen molar-refractivity contribution in [1.82, 2.24) is 4.57 Å². The van der Waals surface area contributed by atoms with Crippen molar-refractivity contribution in [3.8, 4) is 0 Å². The zero-order chi connectivity index (χ0) is 20.0. The van der Waals surface area contributed by atoms with Gasteiger partial charge >= 0.3 is 0 Å². The molecule has 142 valence electrons. The second kappa shape index (κ2) is 6.89. The first-order chi connectivity index (χ1) is 14.2. The number of nitrogens with zero attached hydrogens (tertiary/aromatic N) is 1. The molecule has 2 nitrogen and oxygen atoms in total. The lowest BCUT2D eigenvalue weighted by Gasteiger charge is -2.09. The number of aryl methyl sites for hydroxylation is 2. The van der Waals surface area contributed by atoms with E-state index in [0.717, 1.165) is 40.3 Å². The van der Waals surface area contributed by atoms with Crippen molar-refractivity contribution in [1.29, 1.82) is 0 Å². The molecule has 2 heteroatoms. The molecular weight excluding hydrogens is 354 g/mol. The summed E-state index contributed by atoms with van der Waals surface area (Å²) in [5, 5.41) is 4.51. The Morgan fingerprint density at radius 1 is 0.759 bits per heavy atom. The van der Waals surface area contributed by atoms with Crippen LogP contribution >= 0.6 is 0 Å². The molecule has 5 aromatic rings. The third-order valence-electron chi connectivity index (χ3n) is 5.87. The quantitative estimate of drug-likeness (QED) is 0.312. The van der Waals surface area contributed by atoms with Gasteiger partial charge in [-0.15, -0.1) is 0 Å². The highest BCUT2D eigenvalue weighted by Crippen LogP contribution is 2.31. The standard InChI is InChI=1S/C27H23NO/c1-3-16-28-25-11-7-6-10-22(25)24-17-19(13-15-26(24)28)27(29)23-14-12-18(2)20-8-4-5-9-21(20)23/h4-15,17H,3,16H2,1-2H3. The van der Waals surface area contributed by atoms with Crippen molar-refractivity contribution in [2.75, 3.05) is 0 Å². The summed E-state index contributed by atoms with van der Waals surface area (Å²) in [5.74, 6) is 0.0791. The van der Waals surface area contributed by atoms with Gasteiger partial charge in [-0.2, -0.15) is 0 Å². The molecule has 0 N–H and O–H groups in total. The minimum Gasteiger partial charge on any atom is -0.340 e. The Bertz CT molecular complexity index is 1390. The molecular formula is C27H23NO. The van der Waals surface area contributed by atoms with E-state index >= 15 is 0 Å². The summed E-state index contributed by atoms with van der Waals surface area (Å²) < 4.78 is 2.36. The van der Waals surface area contributed by atoms with Gasteiger partial charge in [0.25, 0.3) is 0 Å². The van der Waals surface area contributed by atoms with Crippen LogP contribution in [0.15, 0.2) is 78.9 Å². The molecule has 1 aromatic heterocycles. The Kier molecular flexibility index (Phi) is 4.21.